The molecule has 0 aliphatic heterocycles. The maximum atomic E-state index is 8.30. The van der Waals surface area contributed by atoms with E-state index in [1.54, 1.807) is 0 Å². The Morgan fingerprint density at radius 3 is 2.20 bits per heavy atom. The van der Waals surface area contributed by atoms with Gasteiger partial charge in [0.15, 0.2) is 0 Å². The zero-order valence-electron chi connectivity index (χ0n) is 3.06. The molecule has 5 heavy (non-hydrogen) atoms. The summed E-state index contributed by atoms with van der Waals surface area (Å²) in [5, 5.41) is 0. The van der Waals surface area contributed by atoms with Crippen molar-refractivity contribution in [2.24, 2.45) is 0 Å². The Morgan fingerprint density at radius 1 is 2.00 bits per heavy atom. The maximum absolute atomic E-state index is 8.30. The second kappa shape index (κ2) is 2.83. The van der Waals surface area contributed by atoms with Gasteiger partial charge in [0, 0.05) is 5.75 Å². The molecule has 0 radical (unpaired) electrons. The molecule has 3 heteroatoms. The third-order valence-corrected chi connectivity index (χ3v) is 1.69. The minimum atomic E-state index is -0.517. The Hall–Kier alpha value is 0.610. The zero-order chi connectivity index (χ0) is 4.28. The Bertz CT molecular complexity index is 44.9. The molecule has 0 aliphatic rings. The van der Waals surface area contributed by atoms with Crippen LogP contribution in [0.25, 0.3) is 0 Å². The van der Waals surface area contributed by atoms with Gasteiger partial charge in [-0.15, -0.1) is 0 Å². The molecule has 32 valence electrons. The smallest absolute Gasteiger partial charge is 0.0130 e. The average molecular weight is 110 g/mol. The lowest BCUT2D eigenvalue weighted by molar-refractivity contribution is 0.657. The molecule has 0 aromatic rings. The zero-order valence-corrected chi connectivity index (χ0v) is 4.88. The molecule has 0 aromatic carbocycles. The summed E-state index contributed by atoms with van der Waals surface area (Å²) in [5.74, 6) is 0.802. The molecule has 0 heterocycles. The topological polar surface area (TPSA) is 20.2 Å². The van der Waals surface area contributed by atoms with Gasteiger partial charge in [0.2, 0.25) is 0 Å². The fourth-order valence-electron chi connectivity index (χ4n) is 0. The van der Waals surface area contributed by atoms with E-state index in [-0.39, 0.29) is 0 Å². The Morgan fingerprint density at radius 2 is 2.20 bits per heavy atom. The molecule has 0 saturated heterocycles. The van der Waals surface area contributed by atoms with Crippen LogP contribution in [0.3, 0.4) is 0 Å². The van der Waals surface area contributed by atoms with Gasteiger partial charge in [0.1, 0.15) is 0 Å². The highest BCUT2D eigenvalue weighted by atomic mass is 32.5. The van der Waals surface area contributed by atoms with E-state index in [4.69, 9.17) is 4.55 Å². The molecular formula is C2H7OPS. The number of hydrogen-bond acceptors (Lipinski definition) is 0. The van der Waals surface area contributed by atoms with Crippen molar-refractivity contribution >= 4 is 18.4 Å². The summed E-state index contributed by atoms with van der Waals surface area (Å²) in [7, 11) is 2.48. The molecule has 1 nitrogen and oxygen atoms in total. The van der Waals surface area contributed by atoms with Crippen LogP contribution >= 0.6 is 8.02 Å². The lowest BCUT2D eigenvalue weighted by Crippen LogP contribution is -1.79. The van der Waals surface area contributed by atoms with Crippen molar-refractivity contribution in [1.29, 1.82) is 0 Å². The van der Waals surface area contributed by atoms with Crippen LogP contribution in [0.5, 0.6) is 0 Å². The van der Waals surface area contributed by atoms with Gasteiger partial charge in [-0.25, -0.2) is 0 Å². The number of hydrogen-bond donors (Lipinski definition) is 1. The van der Waals surface area contributed by atoms with E-state index in [0.29, 0.717) is 0 Å². The third-order valence-electron chi connectivity index (χ3n) is 0.273. The van der Waals surface area contributed by atoms with Gasteiger partial charge in [0.25, 0.3) is 0 Å². The molecule has 1 unspecified atom stereocenters. The molecule has 0 saturated carbocycles. The summed E-state index contributed by atoms with van der Waals surface area (Å²) in [6, 6.07) is 0. The highest BCUT2D eigenvalue weighted by Crippen LogP contribution is 1.77. The van der Waals surface area contributed by atoms with Gasteiger partial charge in [-0.1, -0.05) is 14.9 Å². The second-order valence-corrected chi connectivity index (χ2v) is 3.37. The Balaban J connectivity index is 2.85. The van der Waals surface area contributed by atoms with Crippen LogP contribution in [-0.2, 0) is 10.4 Å². The fourth-order valence-corrected chi connectivity index (χ4v) is 0. The monoisotopic (exact) mass is 110 g/mol. The van der Waals surface area contributed by atoms with Crippen LogP contribution in [0.2, 0.25) is 0 Å². The molecular weight excluding hydrogens is 103 g/mol. The van der Waals surface area contributed by atoms with Crippen LogP contribution in [0.1, 0.15) is 6.92 Å². The van der Waals surface area contributed by atoms with E-state index >= 15 is 0 Å². The molecule has 0 amide bonds. The quantitative estimate of drug-likeness (QED) is 0.502. The lowest BCUT2D eigenvalue weighted by Gasteiger charge is -1.81. The molecule has 0 aliphatic carbocycles. The molecule has 1 N–H and O–H groups in total. The van der Waals surface area contributed by atoms with Crippen molar-refractivity contribution in [3.8, 4) is 0 Å². The van der Waals surface area contributed by atoms with Gasteiger partial charge in [-0.05, 0) is 10.4 Å². The first-order chi connectivity index (χ1) is 2.27. The SMILES string of the molecule is CCS(O)=P. The van der Waals surface area contributed by atoms with Crippen molar-refractivity contribution in [2.75, 3.05) is 5.75 Å². The van der Waals surface area contributed by atoms with Crippen molar-refractivity contribution in [3.63, 3.8) is 0 Å². The first kappa shape index (κ1) is 5.61. The molecule has 1 atom stereocenters. The summed E-state index contributed by atoms with van der Waals surface area (Å²) in [5.41, 5.74) is 0. The largest absolute Gasteiger partial charge is 0.334 e. The Kier molecular flexibility index (Phi) is 3.17. The summed E-state index contributed by atoms with van der Waals surface area (Å²) in [4.78, 5) is 0. The van der Waals surface area contributed by atoms with E-state index in [9.17, 15) is 0 Å². The minimum Gasteiger partial charge on any atom is -0.334 e. The van der Waals surface area contributed by atoms with E-state index in [1.165, 1.54) is 0 Å². The normalized spacial score (nSPS) is 14.8. The van der Waals surface area contributed by atoms with E-state index in [0.717, 1.165) is 5.75 Å². The van der Waals surface area contributed by atoms with Crippen LogP contribution in [0, 0.1) is 0 Å². The number of rotatable bonds is 1. The van der Waals surface area contributed by atoms with Gasteiger partial charge < -0.3 is 4.55 Å². The van der Waals surface area contributed by atoms with Crippen LogP contribution in [0.4, 0.5) is 0 Å². The highest BCUT2D eigenvalue weighted by molar-refractivity contribution is 8.11. The van der Waals surface area contributed by atoms with E-state index in [1.807, 2.05) is 6.92 Å². The van der Waals surface area contributed by atoms with Crippen molar-refractivity contribution < 1.29 is 4.55 Å². The highest BCUT2D eigenvalue weighted by Gasteiger charge is 1.67. The molecule has 0 fully saturated rings. The predicted octanol–water partition coefficient (Wildman–Crippen LogP) is 1.16. The van der Waals surface area contributed by atoms with Gasteiger partial charge in [0.05, 0.1) is 0 Å². The average Bonchev–Trinajstić information content (AvgIpc) is 1.38. The predicted molar refractivity (Wildman–Crippen MR) is 28.8 cm³/mol. The molecule has 0 rings (SSSR count). The van der Waals surface area contributed by atoms with Crippen LogP contribution < -0.4 is 0 Å². The fraction of sp³-hybridized carbons (Fsp3) is 1.00. The lowest BCUT2D eigenvalue weighted by atomic mass is 11.0. The molecule has 0 aromatic heterocycles. The van der Waals surface area contributed by atoms with Crippen LogP contribution in [0.15, 0.2) is 0 Å². The van der Waals surface area contributed by atoms with Crippen molar-refractivity contribution in [3.05, 3.63) is 0 Å². The summed E-state index contributed by atoms with van der Waals surface area (Å²) in [6.45, 7) is 1.91. The summed E-state index contributed by atoms with van der Waals surface area (Å²) in [6.07, 6.45) is 0. The Labute approximate surface area is 36.4 Å². The third kappa shape index (κ3) is 4.61. The molecule has 0 bridgehead atoms. The molecule has 0 spiro atoms. The summed E-state index contributed by atoms with van der Waals surface area (Å²) < 4.78 is 8.30. The van der Waals surface area contributed by atoms with Crippen molar-refractivity contribution in [1.82, 2.24) is 0 Å². The van der Waals surface area contributed by atoms with Gasteiger partial charge in [-0.3, -0.25) is 0 Å². The van der Waals surface area contributed by atoms with Gasteiger partial charge >= 0.3 is 0 Å². The van der Waals surface area contributed by atoms with Crippen LogP contribution in [-0.4, -0.2) is 10.3 Å². The van der Waals surface area contributed by atoms with Crippen molar-refractivity contribution in [2.45, 2.75) is 6.92 Å². The first-order valence-corrected chi connectivity index (χ1v) is 3.96. The first-order valence-electron chi connectivity index (χ1n) is 1.38. The van der Waals surface area contributed by atoms with E-state index < -0.39 is 10.4 Å². The van der Waals surface area contributed by atoms with Gasteiger partial charge in [-0.2, -0.15) is 0 Å². The summed E-state index contributed by atoms with van der Waals surface area (Å²) >= 11 is 0. The minimum absolute atomic E-state index is 0.517. The maximum Gasteiger partial charge on any atom is 0.0130 e. The second-order valence-electron chi connectivity index (χ2n) is 0.653. The standard InChI is InChI=1S/C2H7OPS/c1-2-5(3)4/h3-4H,2H2,1H3. The van der Waals surface area contributed by atoms with E-state index in [2.05, 4.69) is 8.02 Å².